The van der Waals surface area contributed by atoms with Gasteiger partial charge in [0.1, 0.15) is 0 Å². The average molecular weight is 224 g/mol. The molecule has 0 N–H and O–H groups in total. The number of rotatable bonds is 3. The topological polar surface area (TPSA) is 49.4 Å². The summed E-state index contributed by atoms with van der Waals surface area (Å²) < 4.78 is 15.4. The van der Waals surface area contributed by atoms with E-state index in [1.807, 2.05) is 19.1 Å². The van der Waals surface area contributed by atoms with E-state index in [1.165, 1.54) is 0 Å². The first-order valence-corrected chi connectivity index (χ1v) is 6.63. The van der Waals surface area contributed by atoms with Crippen LogP contribution >= 0.6 is 18.2 Å². The van der Waals surface area contributed by atoms with E-state index in [1.54, 1.807) is 12.1 Å². The molecule has 0 aliphatic heterocycles. The summed E-state index contributed by atoms with van der Waals surface area (Å²) in [5.41, 5.74) is 1.10. The Morgan fingerprint density at radius 3 is 2.29 bits per heavy atom. The minimum atomic E-state index is -3.74. The minimum Gasteiger partial charge on any atom is -0.770 e. The van der Waals surface area contributed by atoms with Crippen molar-refractivity contribution in [3.05, 3.63) is 29.8 Å². The maximum Gasteiger partial charge on any atom is 1.00 e. The minimum absolute atomic E-state index is 0. The van der Waals surface area contributed by atoms with Gasteiger partial charge in [-0.25, -0.2) is 0 Å². The zero-order chi connectivity index (χ0) is 9.90. The first-order chi connectivity index (χ1) is 6.03. The molecule has 1 atom stereocenters. The predicted molar refractivity (Wildman–Crippen MR) is 51.7 cm³/mol. The second kappa shape index (κ2) is 6.02. The predicted octanol–water partition coefficient (Wildman–Crippen LogP) is -0.794. The molecule has 0 heterocycles. The summed E-state index contributed by atoms with van der Waals surface area (Å²) >= 11 is 0.732. The summed E-state index contributed by atoms with van der Waals surface area (Å²) in [5, 5.41) is 0. The molecule has 0 saturated heterocycles. The van der Waals surface area contributed by atoms with Gasteiger partial charge in [0.2, 0.25) is 0 Å². The molecular weight excluding hydrogens is 214 g/mol. The smallest absolute Gasteiger partial charge is 0.770 e. The van der Waals surface area contributed by atoms with Crippen molar-refractivity contribution in [3.63, 3.8) is 0 Å². The molecule has 0 aliphatic carbocycles. The number of hydrogen-bond donors (Lipinski definition) is 0. The van der Waals surface area contributed by atoms with Gasteiger partial charge in [0.25, 0.3) is 0 Å². The van der Waals surface area contributed by atoms with Crippen LogP contribution in [0.4, 0.5) is 0 Å². The first-order valence-electron chi connectivity index (χ1n) is 3.66. The van der Waals surface area contributed by atoms with E-state index in [0.29, 0.717) is 4.90 Å². The van der Waals surface area contributed by atoms with E-state index in [2.05, 4.69) is 4.52 Å². The van der Waals surface area contributed by atoms with E-state index in [0.717, 1.165) is 24.1 Å². The average Bonchev–Trinajstić information content (AvgIpc) is 2.09. The van der Waals surface area contributed by atoms with Gasteiger partial charge in [0.15, 0.2) is 6.80 Å². The Labute approximate surface area is 99.7 Å². The van der Waals surface area contributed by atoms with Crippen LogP contribution in [-0.2, 0) is 9.09 Å². The fourth-order valence-corrected chi connectivity index (χ4v) is 2.72. The van der Waals surface area contributed by atoms with E-state index in [9.17, 15) is 9.46 Å². The third-order valence-corrected chi connectivity index (χ3v) is 4.37. The number of benzene rings is 1. The van der Waals surface area contributed by atoms with Crippen molar-refractivity contribution < 1.29 is 32.8 Å². The molecule has 0 bridgehead atoms. The monoisotopic (exact) mass is 224 g/mol. The molecule has 0 fully saturated rings. The van der Waals surface area contributed by atoms with Gasteiger partial charge in [-0.3, -0.25) is 4.57 Å². The van der Waals surface area contributed by atoms with Crippen LogP contribution in [0.1, 0.15) is 5.56 Å². The van der Waals surface area contributed by atoms with E-state index in [4.69, 9.17) is 0 Å². The SMILES string of the molecule is COP(=O)([O-])Sc1ccc(C)cc1.[Li+]. The molecule has 0 amide bonds. The van der Waals surface area contributed by atoms with Gasteiger partial charge in [-0.1, -0.05) is 17.7 Å². The van der Waals surface area contributed by atoms with Gasteiger partial charge in [-0.2, -0.15) is 0 Å². The summed E-state index contributed by atoms with van der Waals surface area (Å²) in [6.07, 6.45) is 0. The second-order valence-corrected chi connectivity index (χ2v) is 6.34. The molecule has 0 radical (unpaired) electrons. The van der Waals surface area contributed by atoms with Gasteiger partial charge in [0.05, 0.1) is 0 Å². The molecule has 1 rings (SSSR count). The first kappa shape index (κ1) is 14.3. The maximum absolute atomic E-state index is 11.0. The van der Waals surface area contributed by atoms with Gasteiger partial charge in [-0.05, 0) is 30.4 Å². The largest absolute Gasteiger partial charge is 1.00 e. The van der Waals surface area contributed by atoms with Gasteiger partial charge in [0, 0.05) is 12.0 Å². The Morgan fingerprint density at radius 1 is 1.36 bits per heavy atom. The van der Waals surface area contributed by atoms with Crippen LogP contribution in [0.2, 0.25) is 0 Å². The molecule has 1 aromatic rings. The number of aryl methyl sites for hydroxylation is 1. The Bertz CT molecular complexity index is 328. The quantitative estimate of drug-likeness (QED) is 0.498. The molecule has 0 saturated carbocycles. The molecule has 1 unspecified atom stereocenters. The second-order valence-electron chi connectivity index (χ2n) is 2.53. The van der Waals surface area contributed by atoms with Crippen molar-refractivity contribution in [2.75, 3.05) is 7.11 Å². The Balaban J connectivity index is 0.00000169. The van der Waals surface area contributed by atoms with Crippen molar-refractivity contribution in [2.45, 2.75) is 11.8 Å². The molecule has 0 aromatic heterocycles. The molecule has 72 valence electrons. The molecule has 0 spiro atoms. The van der Waals surface area contributed by atoms with Crippen molar-refractivity contribution in [2.24, 2.45) is 0 Å². The molecular formula is C8H10LiO3PS. The summed E-state index contributed by atoms with van der Waals surface area (Å²) in [6.45, 7) is -1.80. The summed E-state index contributed by atoms with van der Waals surface area (Å²) in [4.78, 5) is 11.7. The molecule has 14 heavy (non-hydrogen) atoms. The van der Waals surface area contributed by atoms with Crippen LogP contribution in [-0.4, -0.2) is 7.11 Å². The Hall–Kier alpha value is 0.317. The summed E-state index contributed by atoms with van der Waals surface area (Å²) in [6, 6.07) is 7.23. The van der Waals surface area contributed by atoms with Crippen LogP contribution in [0.25, 0.3) is 0 Å². The van der Waals surface area contributed by atoms with Crippen LogP contribution in [0.3, 0.4) is 0 Å². The fourth-order valence-electron chi connectivity index (χ4n) is 0.765. The van der Waals surface area contributed by atoms with Crippen molar-refractivity contribution >= 4 is 18.2 Å². The zero-order valence-electron chi connectivity index (χ0n) is 8.39. The molecule has 0 aliphatic rings. The van der Waals surface area contributed by atoms with Crippen molar-refractivity contribution in [1.82, 2.24) is 0 Å². The van der Waals surface area contributed by atoms with Crippen LogP contribution in [0.15, 0.2) is 29.2 Å². The van der Waals surface area contributed by atoms with E-state index in [-0.39, 0.29) is 18.9 Å². The summed E-state index contributed by atoms with van der Waals surface area (Å²) in [7, 11) is 1.16. The van der Waals surface area contributed by atoms with Crippen molar-refractivity contribution in [1.29, 1.82) is 0 Å². The Morgan fingerprint density at radius 2 is 1.86 bits per heavy atom. The molecule has 3 nitrogen and oxygen atoms in total. The van der Waals surface area contributed by atoms with Crippen LogP contribution < -0.4 is 23.8 Å². The Kier molecular flexibility index (Phi) is 6.16. The summed E-state index contributed by atoms with van der Waals surface area (Å²) in [5.74, 6) is 0. The third-order valence-electron chi connectivity index (χ3n) is 1.46. The zero-order valence-corrected chi connectivity index (χ0v) is 10.1. The fraction of sp³-hybridized carbons (Fsp3) is 0.250. The van der Waals surface area contributed by atoms with Gasteiger partial charge >= 0.3 is 18.9 Å². The van der Waals surface area contributed by atoms with Crippen LogP contribution in [0.5, 0.6) is 0 Å². The number of hydrogen-bond acceptors (Lipinski definition) is 4. The van der Waals surface area contributed by atoms with E-state index < -0.39 is 6.80 Å². The maximum atomic E-state index is 11.0. The molecule has 1 aromatic carbocycles. The van der Waals surface area contributed by atoms with Crippen LogP contribution in [0, 0.1) is 6.92 Å². The third kappa shape index (κ3) is 4.70. The molecule has 6 heteroatoms. The normalized spacial score (nSPS) is 14.2. The van der Waals surface area contributed by atoms with E-state index >= 15 is 0 Å². The van der Waals surface area contributed by atoms with Gasteiger partial charge < -0.3 is 9.42 Å². The van der Waals surface area contributed by atoms with Crippen molar-refractivity contribution in [3.8, 4) is 0 Å². The van der Waals surface area contributed by atoms with Gasteiger partial charge in [-0.15, -0.1) is 0 Å². The standard InChI is InChI=1S/C8H11O3PS.Li/c1-7-3-5-8(6-4-7)13-12(9,10)11-2;/h3-6H,1-2H3,(H,9,10);/q;+1/p-1.